The second-order valence-corrected chi connectivity index (χ2v) is 6.73. The summed E-state index contributed by atoms with van der Waals surface area (Å²) in [6.07, 6.45) is 5.05. The van der Waals surface area contributed by atoms with Gasteiger partial charge in [-0.05, 0) is 49.9 Å². The smallest absolute Gasteiger partial charge is 0.248 e. The SMILES string of the molecule is NC(=O)c1cccc(-c2cnc3ccc(N[C@H]4CC[C@H](O)CC4)nn23)c1. The van der Waals surface area contributed by atoms with Crippen molar-refractivity contribution in [1.29, 1.82) is 0 Å². The quantitative estimate of drug-likeness (QED) is 0.668. The molecule has 7 heteroatoms. The van der Waals surface area contributed by atoms with Crippen LogP contribution in [0.3, 0.4) is 0 Å². The molecular formula is C19H21N5O2. The Morgan fingerprint density at radius 3 is 2.77 bits per heavy atom. The highest BCUT2D eigenvalue weighted by molar-refractivity contribution is 5.94. The van der Waals surface area contributed by atoms with Crippen molar-refractivity contribution in [3.8, 4) is 11.3 Å². The van der Waals surface area contributed by atoms with Crippen LogP contribution in [0.5, 0.6) is 0 Å². The molecule has 1 aromatic carbocycles. The Kier molecular flexibility index (Phi) is 4.30. The number of carbonyl (C=O) groups is 1. The molecule has 26 heavy (non-hydrogen) atoms. The van der Waals surface area contributed by atoms with Crippen molar-refractivity contribution in [2.24, 2.45) is 5.73 Å². The third kappa shape index (κ3) is 3.25. The molecule has 0 atom stereocenters. The van der Waals surface area contributed by atoms with Crippen molar-refractivity contribution < 1.29 is 9.90 Å². The highest BCUT2D eigenvalue weighted by atomic mass is 16.3. The number of benzene rings is 1. The Morgan fingerprint density at radius 2 is 2.00 bits per heavy atom. The molecule has 1 saturated carbocycles. The summed E-state index contributed by atoms with van der Waals surface area (Å²) in [5, 5.41) is 17.8. The number of nitrogens with two attached hydrogens (primary N) is 1. The number of anilines is 1. The zero-order valence-electron chi connectivity index (χ0n) is 14.3. The normalized spacial score (nSPS) is 20.2. The van der Waals surface area contributed by atoms with Gasteiger partial charge in [0, 0.05) is 17.2 Å². The maximum atomic E-state index is 11.4. The number of carbonyl (C=O) groups excluding carboxylic acids is 1. The lowest BCUT2D eigenvalue weighted by atomic mass is 9.93. The van der Waals surface area contributed by atoms with E-state index in [0.29, 0.717) is 11.6 Å². The zero-order valence-corrected chi connectivity index (χ0v) is 14.3. The molecule has 134 valence electrons. The van der Waals surface area contributed by atoms with Crippen LogP contribution in [0, 0.1) is 0 Å². The average Bonchev–Trinajstić information content (AvgIpc) is 3.07. The summed E-state index contributed by atoms with van der Waals surface area (Å²) in [4.78, 5) is 15.8. The fourth-order valence-electron chi connectivity index (χ4n) is 3.41. The summed E-state index contributed by atoms with van der Waals surface area (Å²) in [5.74, 6) is 0.305. The second kappa shape index (κ2) is 6.76. The number of nitrogens with one attached hydrogen (secondary N) is 1. The molecule has 0 spiro atoms. The van der Waals surface area contributed by atoms with Gasteiger partial charge in [-0.1, -0.05) is 12.1 Å². The minimum Gasteiger partial charge on any atom is -0.393 e. The molecule has 4 rings (SSSR count). The molecule has 1 amide bonds. The van der Waals surface area contributed by atoms with Gasteiger partial charge in [-0.2, -0.15) is 0 Å². The van der Waals surface area contributed by atoms with Gasteiger partial charge in [0.25, 0.3) is 0 Å². The van der Waals surface area contributed by atoms with E-state index in [1.807, 2.05) is 18.2 Å². The third-order valence-electron chi connectivity index (χ3n) is 4.85. The first-order chi connectivity index (χ1) is 12.6. The van der Waals surface area contributed by atoms with Gasteiger partial charge in [-0.15, -0.1) is 5.10 Å². The first-order valence-corrected chi connectivity index (χ1v) is 8.80. The maximum absolute atomic E-state index is 11.4. The Balaban J connectivity index is 1.64. The highest BCUT2D eigenvalue weighted by Gasteiger charge is 2.19. The van der Waals surface area contributed by atoms with Gasteiger partial charge in [-0.3, -0.25) is 4.79 Å². The molecule has 2 aromatic heterocycles. The summed E-state index contributed by atoms with van der Waals surface area (Å²) in [6.45, 7) is 0. The van der Waals surface area contributed by atoms with Gasteiger partial charge < -0.3 is 16.2 Å². The highest BCUT2D eigenvalue weighted by Crippen LogP contribution is 2.24. The van der Waals surface area contributed by atoms with E-state index in [-0.39, 0.29) is 6.10 Å². The summed E-state index contributed by atoms with van der Waals surface area (Å²) in [7, 11) is 0. The number of aliphatic hydroxyl groups excluding tert-OH is 1. The molecule has 1 fully saturated rings. The fraction of sp³-hybridized carbons (Fsp3) is 0.316. The van der Waals surface area contributed by atoms with Crippen LogP contribution in [0.2, 0.25) is 0 Å². The monoisotopic (exact) mass is 351 g/mol. The van der Waals surface area contributed by atoms with E-state index in [1.54, 1.807) is 28.9 Å². The van der Waals surface area contributed by atoms with E-state index >= 15 is 0 Å². The Hall–Kier alpha value is -2.93. The number of aliphatic hydroxyl groups is 1. The molecule has 1 aliphatic carbocycles. The van der Waals surface area contributed by atoms with Gasteiger partial charge in [0.05, 0.1) is 18.0 Å². The summed E-state index contributed by atoms with van der Waals surface area (Å²) in [6, 6.07) is 11.3. The molecule has 0 radical (unpaired) electrons. The lowest BCUT2D eigenvalue weighted by Crippen LogP contribution is -2.28. The number of primary amides is 1. The van der Waals surface area contributed by atoms with Crippen molar-refractivity contribution in [2.45, 2.75) is 37.8 Å². The minimum atomic E-state index is -0.463. The predicted molar refractivity (Wildman–Crippen MR) is 98.8 cm³/mol. The van der Waals surface area contributed by atoms with Crippen LogP contribution < -0.4 is 11.1 Å². The number of aromatic nitrogens is 3. The Bertz CT molecular complexity index is 944. The first kappa shape index (κ1) is 16.5. The van der Waals surface area contributed by atoms with E-state index in [9.17, 15) is 9.90 Å². The van der Waals surface area contributed by atoms with Crippen LogP contribution in [0.25, 0.3) is 16.9 Å². The lowest BCUT2D eigenvalue weighted by molar-refractivity contribution is 0.1000. The first-order valence-electron chi connectivity index (χ1n) is 8.80. The Morgan fingerprint density at radius 1 is 1.19 bits per heavy atom. The van der Waals surface area contributed by atoms with Crippen LogP contribution >= 0.6 is 0 Å². The van der Waals surface area contributed by atoms with Crippen molar-refractivity contribution in [3.05, 3.63) is 48.2 Å². The maximum Gasteiger partial charge on any atom is 0.248 e. The average molecular weight is 351 g/mol. The largest absolute Gasteiger partial charge is 0.393 e. The van der Waals surface area contributed by atoms with Gasteiger partial charge in [0.15, 0.2) is 5.65 Å². The van der Waals surface area contributed by atoms with Crippen LogP contribution in [0.4, 0.5) is 5.82 Å². The molecule has 0 saturated heterocycles. The van der Waals surface area contributed by atoms with E-state index < -0.39 is 5.91 Å². The number of amides is 1. The van der Waals surface area contributed by atoms with Crippen molar-refractivity contribution >= 4 is 17.4 Å². The molecule has 2 heterocycles. The van der Waals surface area contributed by atoms with Crippen molar-refractivity contribution in [3.63, 3.8) is 0 Å². The topological polar surface area (TPSA) is 106 Å². The van der Waals surface area contributed by atoms with E-state index in [4.69, 9.17) is 5.73 Å². The van der Waals surface area contributed by atoms with E-state index in [1.165, 1.54) is 0 Å². The molecular weight excluding hydrogens is 330 g/mol. The third-order valence-corrected chi connectivity index (χ3v) is 4.85. The van der Waals surface area contributed by atoms with Crippen LogP contribution in [0.1, 0.15) is 36.0 Å². The molecule has 0 unspecified atom stereocenters. The molecule has 0 aliphatic heterocycles. The predicted octanol–water partition coefficient (Wildman–Crippen LogP) is 2.21. The van der Waals surface area contributed by atoms with Gasteiger partial charge >= 0.3 is 0 Å². The molecule has 7 nitrogen and oxygen atoms in total. The Labute approximate surface area is 150 Å². The summed E-state index contributed by atoms with van der Waals surface area (Å²) in [5.41, 5.74) is 8.19. The number of imidazole rings is 1. The second-order valence-electron chi connectivity index (χ2n) is 6.73. The van der Waals surface area contributed by atoms with Crippen molar-refractivity contribution in [2.75, 3.05) is 5.32 Å². The van der Waals surface area contributed by atoms with Gasteiger partial charge in [-0.25, -0.2) is 9.50 Å². The molecule has 3 aromatic rings. The van der Waals surface area contributed by atoms with Gasteiger partial charge in [0.1, 0.15) is 5.82 Å². The molecule has 1 aliphatic rings. The number of nitrogens with zero attached hydrogens (tertiary/aromatic N) is 3. The van der Waals surface area contributed by atoms with Crippen LogP contribution in [-0.4, -0.2) is 37.8 Å². The van der Waals surface area contributed by atoms with E-state index in [0.717, 1.165) is 48.4 Å². The van der Waals surface area contributed by atoms with Crippen LogP contribution in [-0.2, 0) is 0 Å². The number of rotatable bonds is 4. The fourth-order valence-corrected chi connectivity index (χ4v) is 3.41. The number of hydrogen-bond donors (Lipinski definition) is 3. The lowest BCUT2D eigenvalue weighted by Gasteiger charge is -2.26. The van der Waals surface area contributed by atoms with Crippen LogP contribution in [0.15, 0.2) is 42.6 Å². The molecule has 0 bridgehead atoms. The molecule has 4 N–H and O–H groups in total. The summed E-state index contributed by atoms with van der Waals surface area (Å²) < 4.78 is 1.76. The van der Waals surface area contributed by atoms with E-state index in [2.05, 4.69) is 15.4 Å². The van der Waals surface area contributed by atoms with Crippen molar-refractivity contribution in [1.82, 2.24) is 14.6 Å². The summed E-state index contributed by atoms with van der Waals surface area (Å²) >= 11 is 0. The standard InChI is InChI=1S/C19H21N5O2/c20-19(26)13-3-1-2-12(10-13)16-11-21-18-9-8-17(23-24(16)18)22-14-4-6-15(25)7-5-14/h1-3,8-11,14-15,25H,4-7H2,(H2,20,26)(H,22,23)/t14-,15-. The zero-order chi connectivity index (χ0) is 18.1. The number of hydrogen-bond acceptors (Lipinski definition) is 5. The van der Waals surface area contributed by atoms with Gasteiger partial charge in [0.2, 0.25) is 5.91 Å². The minimum absolute atomic E-state index is 0.179. The number of fused-ring (bicyclic) bond motifs is 1.